The molecule has 2 nitrogen and oxygen atoms in total. The fourth-order valence-corrected chi connectivity index (χ4v) is 1.63. The van der Waals surface area contributed by atoms with Crippen molar-refractivity contribution >= 4 is 5.97 Å². The Balaban J connectivity index is 3.42. The second-order valence-electron chi connectivity index (χ2n) is 4.69. The van der Waals surface area contributed by atoms with Crippen molar-refractivity contribution in [3.05, 3.63) is 48.6 Å². The molecule has 0 rings (SSSR count). The van der Waals surface area contributed by atoms with E-state index in [0.717, 1.165) is 19.3 Å². The number of rotatable bonds is 12. The highest BCUT2D eigenvalue weighted by Crippen LogP contribution is 2.00. The third-order valence-corrected chi connectivity index (χ3v) is 2.75. The van der Waals surface area contributed by atoms with Crippen LogP contribution in [0.3, 0.4) is 0 Å². The summed E-state index contributed by atoms with van der Waals surface area (Å²) in [5, 5.41) is 8.43. The Bertz CT molecular complexity index is 335. The molecule has 0 aromatic carbocycles. The summed E-state index contributed by atoms with van der Waals surface area (Å²) in [6, 6.07) is 0. The van der Waals surface area contributed by atoms with Gasteiger partial charge in [0.2, 0.25) is 0 Å². The lowest BCUT2D eigenvalue weighted by Gasteiger charge is -1.90. The zero-order chi connectivity index (χ0) is 14.9. The van der Waals surface area contributed by atoms with Crippen LogP contribution in [0.1, 0.15) is 58.3 Å². The zero-order valence-electron chi connectivity index (χ0n) is 12.6. The number of unbranched alkanes of at least 4 members (excludes halogenated alkanes) is 3. The van der Waals surface area contributed by atoms with Crippen LogP contribution in [0.4, 0.5) is 0 Å². The molecular weight excluding hydrogens is 248 g/mol. The number of hydrogen-bond donors (Lipinski definition) is 1. The van der Waals surface area contributed by atoms with Gasteiger partial charge in [0.15, 0.2) is 0 Å². The minimum absolute atomic E-state index is 0.109. The van der Waals surface area contributed by atoms with E-state index in [4.69, 9.17) is 5.11 Å². The van der Waals surface area contributed by atoms with Gasteiger partial charge in [0.1, 0.15) is 0 Å². The summed E-state index contributed by atoms with van der Waals surface area (Å²) < 4.78 is 0. The van der Waals surface area contributed by atoms with Crippen LogP contribution in [0.5, 0.6) is 0 Å². The molecule has 2 heteroatoms. The summed E-state index contributed by atoms with van der Waals surface area (Å²) in [4.78, 5) is 10.2. The lowest BCUT2D eigenvalue weighted by Crippen LogP contribution is -1.89. The normalized spacial score (nSPS) is 12.4. The molecule has 0 heterocycles. The largest absolute Gasteiger partial charge is 0.481 e. The smallest absolute Gasteiger partial charge is 0.307 e. The van der Waals surface area contributed by atoms with Gasteiger partial charge in [0.25, 0.3) is 0 Å². The Morgan fingerprint density at radius 1 is 0.800 bits per heavy atom. The van der Waals surface area contributed by atoms with Gasteiger partial charge in [-0.05, 0) is 32.1 Å². The van der Waals surface area contributed by atoms with Gasteiger partial charge in [-0.25, -0.2) is 0 Å². The zero-order valence-corrected chi connectivity index (χ0v) is 12.6. The Morgan fingerprint density at radius 2 is 1.30 bits per heavy atom. The van der Waals surface area contributed by atoms with Crippen LogP contribution < -0.4 is 0 Å². The molecule has 1 N–H and O–H groups in total. The summed E-state index contributed by atoms with van der Waals surface area (Å²) in [7, 11) is 0. The molecular formula is C18H28O2. The maximum absolute atomic E-state index is 10.2. The summed E-state index contributed by atoms with van der Waals surface area (Å²) in [6.45, 7) is 2.22. The lowest BCUT2D eigenvalue weighted by molar-refractivity contribution is -0.136. The van der Waals surface area contributed by atoms with E-state index in [2.05, 4.69) is 43.4 Å². The van der Waals surface area contributed by atoms with E-state index in [1.54, 1.807) is 6.08 Å². The van der Waals surface area contributed by atoms with E-state index in [1.807, 2.05) is 6.08 Å². The van der Waals surface area contributed by atoms with E-state index in [-0.39, 0.29) is 6.42 Å². The lowest BCUT2D eigenvalue weighted by atomic mass is 10.2. The molecule has 0 atom stereocenters. The molecule has 0 radical (unpaired) electrons. The predicted octanol–water partition coefficient (Wildman–Crippen LogP) is 5.44. The van der Waals surface area contributed by atoms with Crippen molar-refractivity contribution in [1.82, 2.24) is 0 Å². The van der Waals surface area contributed by atoms with Crippen LogP contribution in [-0.4, -0.2) is 11.1 Å². The van der Waals surface area contributed by atoms with E-state index >= 15 is 0 Å². The van der Waals surface area contributed by atoms with Gasteiger partial charge in [-0.2, -0.15) is 0 Å². The molecule has 0 saturated carbocycles. The van der Waals surface area contributed by atoms with Crippen LogP contribution in [0.25, 0.3) is 0 Å². The Labute approximate surface area is 123 Å². The van der Waals surface area contributed by atoms with E-state index in [9.17, 15) is 4.79 Å². The van der Waals surface area contributed by atoms with Crippen LogP contribution in [0.2, 0.25) is 0 Å². The Morgan fingerprint density at radius 3 is 1.80 bits per heavy atom. The average Bonchev–Trinajstić information content (AvgIpc) is 2.43. The number of allylic oxidation sites excluding steroid dienone is 7. The van der Waals surface area contributed by atoms with Crippen molar-refractivity contribution in [2.45, 2.75) is 58.3 Å². The molecule has 0 aromatic rings. The van der Waals surface area contributed by atoms with Crippen LogP contribution in [0.15, 0.2) is 48.6 Å². The molecule has 0 bridgehead atoms. The fourth-order valence-electron chi connectivity index (χ4n) is 1.63. The highest BCUT2D eigenvalue weighted by Gasteiger charge is 1.87. The van der Waals surface area contributed by atoms with E-state index in [1.165, 1.54) is 25.7 Å². The van der Waals surface area contributed by atoms with Gasteiger partial charge < -0.3 is 5.11 Å². The number of carbonyl (C=O) groups is 1. The molecule has 0 saturated heterocycles. The maximum Gasteiger partial charge on any atom is 0.307 e. The molecule has 20 heavy (non-hydrogen) atoms. The SMILES string of the molecule is CCCCC/C=C/C/C=C/C/C=C/C/C=C/CC(=O)O. The molecule has 0 aromatic heterocycles. The first kappa shape index (κ1) is 18.4. The van der Waals surface area contributed by atoms with Crippen molar-refractivity contribution in [1.29, 1.82) is 0 Å². The summed E-state index contributed by atoms with van der Waals surface area (Å²) >= 11 is 0. The Hall–Kier alpha value is -1.57. The first-order valence-electron chi connectivity index (χ1n) is 7.59. The van der Waals surface area contributed by atoms with Crippen molar-refractivity contribution in [3.8, 4) is 0 Å². The minimum Gasteiger partial charge on any atom is -0.481 e. The third-order valence-electron chi connectivity index (χ3n) is 2.75. The molecule has 0 aliphatic carbocycles. The van der Waals surface area contributed by atoms with Gasteiger partial charge in [0, 0.05) is 0 Å². The average molecular weight is 276 g/mol. The molecule has 0 spiro atoms. The number of aliphatic carboxylic acids is 1. The van der Waals surface area contributed by atoms with Gasteiger partial charge >= 0.3 is 5.97 Å². The van der Waals surface area contributed by atoms with Crippen molar-refractivity contribution < 1.29 is 9.90 Å². The van der Waals surface area contributed by atoms with Crippen molar-refractivity contribution in [2.24, 2.45) is 0 Å². The monoisotopic (exact) mass is 276 g/mol. The van der Waals surface area contributed by atoms with Crippen molar-refractivity contribution in [2.75, 3.05) is 0 Å². The van der Waals surface area contributed by atoms with Crippen LogP contribution in [-0.2, 0) is 4.79 Å². The number of carboxylic acid groups (broad SMARTS) is 1. The topological polar surface area (TPSA) is 37.3 Å². The summed E-state index contributed by atoms with van der Waals surface area (Å²) in [5.41, 5.74) is 0. The quantitative estimate of drug-likeness (QED) is 0.381. The highest BCUT2D eigenvalue weighted by molar-refractivity contribution is 5.68. The Kier molecular flexibility index (Phi) is 14.3. The standard InChI is InChI=1S/C18H28O2/c1-2-3-4-5-6-7-8-9-10-11-12-13-14-15-16-17-18(19)20/h6-7,9-10,12-13,15-16H,2-5,8,11,14,17H2,1H3,(H,19,20)/b7-6+,10-9+,13-12+,16-15+. The van der Waals surface area contributed by atoms with E-state index < -0.39 is 5.97 Å². The van der Waals surface area contributed by atoms with Gasteiger partial charge in [-0.1, -0.05) is 68.4 Å². The second-order valence-corrected chi connectivity index (χ2v) is 4.69. The molecule has 0 unspecified atom stereocenters. The third kappa shape index (κ3) is 16.4. The second kappa shape index (κ2) is 15.5. The highest BCUT2D eigenvalue weighted by atomic mass is 16.4. The van der Waals surface area contributed by atoms with Crippen molar-refractivity contribution in [3.63, 3.8) is 0 Å². The first-order chi connectivity index (χ1) is 9.77. The summed E-state index contributed by atoms with van der Waals surface area (Å²) in [6.07, 6.45) is 24.5. The molecule has 0 fully saturated rings. The van der Waals surface area contributed by atoms with E-state index in [0.29, 0.717) is 0 Å². The molecule has 112 valence electrons. The number of hydrogen-bond acceptors (Lipinski definition) is 1. The van der Waals surface area contributed by atoms with Crippen LogP contribution >= 0.6 is 0 Å². The minimum atomic E-state index is -0.782. The summed E-state index contributed by atoms with van der Waals surface area (Å²) in [5.74, 6) is -0.782. The van der Waals surface area contributed by atoms with Crippen LogP contribution in [0, 0.1) is 0 Å². The number of carboxylic acids is 1. The van der Waals surface area contributed by atoms with Gasteiger partial charge in [-0.15, -0.1) is 0 Å². The van der Waals surface area contributed by atoms with Gasteiger partial charge in [-0.3, -0.25) is 4.79 Å². The predicted molar refractivity (Wildman–Crippen MR) is 86.8 cm³/mol. The first-order valence-corrected chi connectivity index (χ1v) is 7.59. The molecule has 0 aliphatic heterocycles. The van der Waals surface area contributed by atoms with Gasteiger partial charge in [0.05, 0.1) is 6.42 Å². The molecule has 0 aliphatic rings. The maximum atomic E-state index is 10.2. The molecule has 0 amide bonds. The fraction of sp³-hybridized carbons (Fsp3) is 0.500.